The lowest BCUT2D eigenvalue weighted by atomic mass is 10.2. The monoisotopic (exact) mass is 373 g/mol. The Morgan fingerprint density at radius 1 is 1.42 bits per heavy atom. The van der Waals surface area contributed by atoms with Gasteiger partial charge in [0.05, 0.1) is 6.61 Å². The molecule has 134 valence electrons. The van der Waals surface area contributed by atoms with Gasteiger partial charge in [-0.2, -0.15) is 4.31 Å². The van der Waals surface area contributed by atoms with Crippen LogP contribution in [0.1, 0.15) is 28.9 Å². The molecule has 2 aliphatic heterocycles. The lowest BCUT2D eigenvalue weighted by Gasteiger charge is -2.17. The maximum Gasteiger partial charge on any atom is 0.263 e. The van der Waals surface area contributed by atoms with Crippen LogP contribution < -0.4 is 5.32 Å². The average Bonchev–Trinajstić information content (AvgIpc) is 3.28. The summed E-state index contributed by atoms with van der Waals surface area (Å²) < 4.78 is 26.9. The lowest BCUT2D eigenvalue weighted by molar-refractivity contribution is 0.0939. The first-order valence-corrected chi connectivity index (χ1v) is 10.4. The van der Waals surface area contributed by atoms with Crippen LogP contribution in [-0.4, -0.2) is 74.0 Å². The topological polar surface area (TPSA) is 90.0 Å². The van der Waals surface area contributed by atoms with Gasteiger partial charge >= 0.3 is 0 Å². The number of likely N-dealkylation sites (tertiary alicyclic amines) is 1. The van der Waals surface area contributed by atoms with Gasteiger partial charge in [-0.05, 0) is 37.8 Å². The molecule has 0 radical (unpaired) electrons. The minimum atomic E-state index is -3.60. The van der Waals surface area contributed by atoms with Gasteiger partial charge in [0.25, 0.3) is 5.91 Å². The molecule has 9 heteroatoms. The first-order valence-electron chi connectivity index (χ1n) is 8.13. The molecule has 0 unspecified atom stereocenters. The highest BCUT2D eigenvalue weighted by atomic mass is 32.2. The third-order valence-electron chi connectivity index (χ3n) is 4.75. The second-order valence-corrected chi connectivity index (χ2v) is 9.23. The van der Waals surface area contributed by atoms with Crippen LogP contribution in [0, 0.1) is 0 Å². The van der Waals surface area contributed by atoms with Crippen LogP contribution >= 0.6 is 11.3 Å². The third-order valence-corrected chi connectivity index (χ3v) is 7.74. The first-order chi connectivity index (χ1) is 11.4. The largest absolute Gasteiger partial charge is 0.395 e. The van der Waals surface area contributed by atoms with Crippen LogP contribution in [0.2, 0.25) is 0 Å². The zero-order valence-corrected chi connectivity index (χ0v) is 15.3. The molecule has 2 N–H and O–H groups in total. The number of aliphatic hydroxyl groups excluding tert-OH is 1. The summed E-state index contributed by atoms with van der Waals surface area (Å²) in [5.41, 5.74) is 0. The van der Waals surface area contributed by atoms with Crippen LogP contribution in [-0.2, 0) is 10.0 Å². The maximum absolute atomic E-state index is 12.7. The van der Waals surface area contributed by atoms with Crippen molar-refractivity contribution in [2.24, 2.45) is 0 Å². The number of aliphatic hydroxyl groups is 1. The van der Waals surface area contributed by atoms with Crippen molar-refractivity contribution in [3.8, 4) is 0 Å². The number of thiophene rings is 1. The highest BCUT2D eigenvalue weighted by molar-refractivity contribution is 7.89. The van der Waals surface area contributed by atoms with Gasteiger partial charge in [0, 0.05) is 31.7 Å². The number of sulfonamides is 1. The Bertz CT molecular complexity index is 697. The predicted molar refractivity (Wildman–Crippen MR) is 91.7 cm³/mol. The Kier molecular flexibility index (Phi) is 5.26. The summed E-state index contributed by atoms with van der Waals surface area (Å²) in [6.07, 6.45) is 2.39. The van der Waals surface area contributed by atoms with Crippen LogP contribution in [0.15, 0.2) is 16.3 Å². The van der Waals surface area contributed by atoms with Crippen molar-refractivity contribution in [2.45, 2.75) is 36.2 Å². The molecule has 2 atom stereocenters. The van der Waals surface area contributed by atoms with Crippen LogP contribution in [0.5, 0.6) is 0 Å². The third kappa shape index (κ3) is 3.36. The quantitative estimate of drug-likeness (QED) is 0.776. The van der Waals surface area contributed by atoms with Crippen molar-refractivity contribution in [3.05, 3.63) is 16.3 Å². The highest BCUT2D eigenvalue weighted by Crippen LogP contribution is 2.28. The van der Waals surface area contributed by atoms with Gasteiger partial charge in [-0.15, -0.1) is 11.3 Å². The van der Waals surface area contributed by atoms with Crippen LogP contribution in [0.3, 0.4) is 0 Å². The van der Waals surface area contributed by atoms with Crippen molar-refractivity contribution >= 4 is 27.3 Å². The van der Waals surface area contributed by atoms with Crippen molar-refractivity contribution < 1.29 is 18.3 Å². The fourth-order valence-electron chi connectivity index (χ4n) is 3.38. The summed E-state index contributed by atoms with van der Waals surface area (Å²) in [5, 5.41) is 13.9. The number of carbonyl (C=O) groups excluding carboxylic acids is 1. The Morgan fingerprint density at radius 3 is 2.75 bits per heavy atom. The molecule has 2 aliphatic rings. The zero-order chi connectivity index (χ0) is 17.3. The van der Waals surface area contributed by atoms with E-state index >= 15 is 0 Å². The number of likely N-dealkylation sites (N-methyl/N-ethyl adjacent to an activating group) is 1. The lowest BCUT2D eigenvalue weighted by Crippen LogP contribution is -2.37. The molecule has 24 heavy (non-hydrogen) atoms. The smallest absolute Gasteiger partial charge is 0.263 e. The molecule has 1 aromatic rings. The average molecular weight is 374 g/mol. The molecule has 3 heterocycles. The van der Waals surface area contributed by atoms with E-state index in [0.29, 0.717) is 26.1 Å². The molecule has 0 aromatic carbocycles. The second-order valence-electron chi connectivity index (χ2n) is 6.41. The first kappa shape index (κ1) is 17.8. The Labute approximate surface area is 146 Å². The molecule has 7 nitrogen and oxygen atoms in total. The highest BCUT2D eigenvalue weighted by Gasteiger charge is 2.34. The molecule has 0 spiro atoms. The summed E-state index contributed by atoms with van der Waals surface area (Å²) in [6, 6.07) is 1.47. The molecule has 0 aliphatic carbocycles. The molecule has 2 fully saturated rings. The van der Waals surface area contributed by atoms with Gasteiger partial charge in [0.1, 0.15) is 9.77 Å². The predicted octanol–water partition coefficient (Wildman–Crippen LogP) is 0.327. The Hall–Kier alpha value is -1.00. The number of amides is 1. The maximum atomic E-state index is 12.7. The molecule has 2 saturated heterocycles. The van der Waals surface area contributed by atoms with Crippen molar-refractivity contribution in [2.75, 3.05) is 33.3 Å². The summed E-state index contributed by atoms with van der Waals surface area (Å²) in [5.74, 6) is -0.347. The molecule has 1 aromatic heterocycles. The van der Waals surface area contributed by atoms with Gasteiger partial charge in [-0.25, -0.2) is 8.42 Å². The van der Waals surface area contributed by atoms with E-state index < -0.39 is 10.0 Å². The van der Waals surface area contributed by atoms with E-state index in [0.717, 1.165) is 24.2 Å². The number of nitrogens with one attached hydrogen (secondary N) is 1. The summed E-state index contributed by atoms with van der Waals surface area (Å²) in [7, 11) is -1.69. The van der Waals surface area contributed by atoms with Crippen LogP contribution in [0.4, 0.5) is 0 Å². The fraction of sp³-hybridized carbons (Fsp3) is 0.667. The standard InChI is InChI=1S/C15H23N3O4S2/c1-17-9-11(8-12(17)10-19)16-15(20)14-13(4-7-23-14)24(21,22)18-5-2-3-6-18/h4,7,11-12,19H,2-3,5-6,8-10H2,1H3,(H,16,20)/t11-,12+/m1/s1. The number of hydrogen-bond donors (Lipinski definition) is 2. The molecule has 3 rings (SSSR count). The van der Waals surface area contributed by atoms with Crippen molar-refractivity contribution in [1.82, 2.24) is 14.5 Å². The van der Waals surface area contributed by atoms with Crippen LogP contribution in [0.25, 0.3) is 0 Å². The van der Waals surface area contributed by atoms with Gasteiger partial charge in [-0.3, -0.25) is 9.69 Å². The van der Waals surface area contributed by atoms with E-state index in [1.807, 2.05) is 11.9 Å². The second kappa shape index (κ2) is 7.09. The van der Waals surface area contributed by atoms with Gasteiger partial charge < -0.3 is 10.4 Å². The molecular weight excluding hydrogens is 350 g/mol. The molecular formula is C15H23N3O4S2. The van der Waals surface area contributed by atoms with Gasteiger partial charge in [-0.1, -0.05) is 0 Å². The van der Waals surface area contributed by atoms with E-state index in [-0.39, 0.29) is 34.4 Å². The van der Waals surface area contributed by atoms with E-state index in [1.165, 1.54) is 10.4 Å². The van der Waals surface area contributed by atoms with E-state index in [1.54, 1.807) is 5.38 Å². The summed E-state index contributed by atoms with van der Waals surface area (Å²) in [6.45, 7) is 1.74. The van der Waals surface area contributed by atoms with E-state index in [4.69, 9.17) is 0 Å². The molecule has 0 saturated carbocycles. The summed E-state index contributed by atoms with van der Waals surface area (Å²) >= 11 is 1.15. The normalized spacial score (nSPS) is 26.1. The fourth-order valence-corrected chi connectivity index (χ4v) is 6.20. The summed E-state index contributed by atoms with van der Waals surface area (Å²) in [4.78, 5) is 14.9. The number of rotatable bonds is 5. The number of nitrogens with zero attached hydrogens (tertiary/aromatic N) is 2. The van der Waals surface area contributed by atoms with E-state index in [2.05, 4.69) is 5.32 Å². The molecule has 1 amide bonds. The zero-order valence-electron chi connectivity index (χ0n) is 13.6. The van der Waals surface area contributed by atoms with Gasteiger partial charge in [0.15, 0.2) is 0 Å². The van der Waals surface area contributed by atoms with Crippen molar-refractivity contribution in [1.29, 1.82) is 0 Å². The SMILES string of the molecule is CN1C[C@H](NC(=O)c2sccc2S(=O)(=O)N2CCCC2)C[C@H]1CO. The number of carbonyl (C=O) groups is 1. The van der Waals surface area contributed by atoms with E-state index in [9.17, 15) is 18.3 Å². The van der Waals surface area contributed by atoms with Gasteiger partial charge in [0.2, 0.25) is 10.0 Å². The van der Waals surface area contributed by atoms with Crippen molar-refractivity contribution in [3.63, 3.8) is 0 Å². The Morgan fingerprint density at radius 2 is 2.12 bits per heavy atom. The molecule has 0 bridgehead atoms. The minimum Gasteiger partial charge on any atom is -0.395 e. The Balaban J connectivity index is 1.74. The number of hydrogen-bond acceptors (Lipinski definition) is 6. The minimum absolute atomic E-state index is 0.0337.